The van der Waals surface area contributed by atoms with Gasteiger partial charge in [-0.15, -0.1) is 5.10 Å². The van der Waals surface area contributed by atoms with Crippen molar-refractivity contribution in [2.45, 2.75) is 38.8 Å². The van der Waals surface area contributed by atoms with E-state index in [1.165, 1.54) is 0 Å². The molecule has 1 aliphatic heterocycles. The highest BCUT2D eigenvalue weighted by Gasteiger charge is 2.27. The maximum atomic E-state index is 6.14. The molecule has 0 radical (unpaired) electrons. The maximum absolute atomic E-state index is 6.14. The van der Waals surface area contributed by atoms with Crippen LogP contribution >= 0.6 is 11.6 Å². The lowest BCUT2D eigenvalue weighted by molar-refractivity contribution is 0.416. The number of aromatic amines is 1. The normalized spacial score (nSPS) is 22.6. The Bertz CT molecular complexity index is 618. The summed E-state index contributed by atoms with van der Waals surface area (Å²) < 4.78 is 0. The zero-order chi connectivity index (χ0) is 15.0. The Morgan fingerprint density at radius 3 is 2.95 bits per heavy atom. The Morgan fingerprint density at radius 2 is 2.19 bits per heavy atom. The van der Waals surface area contributed by atoms with Gasteiger partial charge in [0.25, 0.3) is 0 Å². The highest BCUT2D eigenvalue weighted by atomic mass is 35.5. The van der Waals surface area contributed by atoms with E-state index in [0.29, 0.717) is 11.0 Å². The van der Waals surface area contributed by atoms with Gasteiger partial charge in [-0.25, -0.2) is 0 Å². The fourth-order valence-corrected chi connectivity index (χ4v) is 3.13. The third-order valence-corrected chi connectivity index (χ3v) is 4.31. The van der Waals surface area contributed by atoms with Gasteiger partial charge in [0.2, 0.25) is 5.95 Å². The monoisotopic (exact) mass is 305 g/mol. The van der Waals surface area contributed by atoms with Crippen molar-refractivity contribution in [3.63, 3.8) is 0 Å². The molecule has 2 heterocycles. The summed E-state index contributed by atoms with van der Waals surface area (Å²) in [5, 5.41) is 8.06. The molecule has 3 N–H and O–H groups in total. The number of anilines is 1. The Morgan fingerprint density at radius 1 is 1.38 bits per heavy atom. The Balaban J connectivity index is 1.89. The number of H-pyrrole nitrogens is 1. The molecule has 1 aromatic heterocycles. The number of aromatic nitrogens is 3. The third-order valence-electron chi connectivity index (χ3n) is 4.09. The Labute approximate surface area is 129 Å². The number of halogens is 1. The fraction of sp³-hybridized carbons (Fsp3) is 0.467. The van der Waals surface area contributed by atoms with Crippen LogP contribution in [-0.4, -0.2) is 33.8 Å². The van der Waals surface area contributed by atoms with E-state index in [2.05, 4.69) is 27.0 Å². The van der Waals surface area contributed by atoms with Crippen LogP contribution < -0.4 is 10.6 Å². The van der Waals surface area contributed by atoms with Gasteiger partial charge in [0.1, 0.15) is 0 Å². The number of nitrogens with two attached hydrogens (primary N) is 1. The van der Waals surface area contributed by atoms with E-state index in [9.17, 15) is 0 Å². The molecule has 0 aliphatic carbocycles. The summed E-state index contributed by atoms with van der Waals surface area (Å²) in [5.41, 5.74) is 8.19. The molecule has 5 nitrogen and oxygen atoms in total. The number of nitrogens with zero attached hydrogens (tertiary/aromatic N) is 3. The molecule has 1 aliphatic rings. The highest BCUT2D eigenvalue weighted by molar-refractivity contribution is 6.30. The van der Waals surface area contributed by atoms with Gasteiger partial charge in [-0.2, -0.15) is 4.98 Å². The number of piperidine rings is 1. The number of nitrogens with one attached hydrogen (secondary N) is 1. The lowest BCUT2D eigenvalue weighted by Gasteiger charge is -2.36. The van der Waals surface area contributed by atoms with Crippen molar-refractivity contribution in [3.8, 4) is 11.4 Å². The van der Waals surface area contributed by atoms with Gasteiger partial charge < -0.3 is 10.6 Å². The predicted molar refractivity (Wildman–Crippen MR) is 85.6 cm³/mol. The molecule has 1 saturated heterocycles. The number of aryl methyl sites for hydroxylation is 1. The quantitative estimate of drug-likeness (QED) is 0.895. The number of hydrogen-bond donors (Lipinski definition) is 2. The van der Waals surface area contributed by atoms with Gasteiger partial charge >= 0.3 is 0 Å². The molecule has 1 aromatic carbocycles. The van der Waals surface area contributed by atoms with Gasteiger partial charge in [-0.1, -0.05) is 11.6 Å². The van der Waals surface area contributed by atoms with Crippen LogP contribution in [0.25, 0.3) is 11.4 Å². The van der Waals surface area contributed by atoms with Crippen LogP contribution in [-0.2, 0) is 0 Å². The maximum Gasteiger partial charge on any atom is 0.245 e. The molecule has 0 amide bonds. The average molecular weight is 306 g/mol. The zero-order valence-electron chi connectivity index (χ0n) is 12.3. The molecule has 2 atom stereocenters. The molecule has 0 bridgehead atoms. The van der Waals surface area contributed by atoms with E-state index in [0.717, 1.165) is 36.3 Å². The van der Waals surface area contributed by atoms with E-state index in [1.807, 2.05) is 25.1 Å². The van der Waals surface area contributed by atoms with Gasteiger partial charge in [0.05, 0.1) is 0 Å². The van der Waals surface area contributed by atoms with Crippen molar-refractivity contribution in [2.75, 3.05) is 11.4 Å². The summed E-state index contributed by atoms with van der Waals surface area (Å²) in [5.74, 6) is 1.45. The average Bonchev–Trinajstić information content (AvgIpc) is 2.90. The van der Waals surface area contributed by atoms with Gasteiger partial charge in [0, 0.05) is 29.2 Å². The van der Waals surface area contributed by atoms with Gasteiger partial charge in [-0.3, -0.25) is 5.10 Å². The Kier molecular flexibility index (Phi) is 3.87. The van der Waals surface area contributed by atoms with E-state index in [1.54, 1.807) is 0 Å². The lowest BCUT2D eigenvalue weighted by atomic mass is 9.99. The smallest absolute Gasteiger partial charge is 0.245 e. The number of benzene rings is 1. The zero-order valence-corrected chi connectivity index (χ0v) is 13.1. The second-order valence-corrected chi connectivity index (χ2v) is 6.18. The van der Waals surface area contributed by atoms with Crippen LogP contribution in [0.1, 0.15) is 25.3 Å². The second-order valence-electron chi connectivity index (χ2n) is 5.74. The summed E-state index contributed by atoms with van der Waals surface area (Å²) >= 11 is 6.11. The van der Waals surface area contributed by atoms with Crippen LogP contribution in [0.4, 0.5) is 5.95 Å². The second kappa shape index (κ2) is 5.66. The minimum atomic E-state index is 0.175. The first kappa shape index (κ1) is 14.4. The van der Waals surface area contributed by atoms with Crippen LogP contribution in [0.15, 0.2) is 18.2 Å². The van der Waals surface area contributed by atoms with E-state index >= 15 is 0 Å². The molecule has 0 spiro atoms. The van der Waals surface area contributed by atoms with Crippen molar-refractivity contribution in [1.82, 2.24) is 15.2 Å². The largest absolute Gasteiger partial charge is 0.335 e. The standard InChI is InChI=1S/C15H20ClN5/c1-9-6-11(8-12(16)7-9)14-18-15(20-19-14)21-5-3-4-13(17)10(21)2/h6-8,10,13H,3-5,17H2,1-2H3,(H,18,19,20). The summed E-state index contributed by atoms with van der Waals surface area (Å²) in [6.45, 7) is 5.09. The van der Waals surface area contributed by atoms with Gasteiger partial charge in [0.15, 0.2) is 5.82 Å². The molecule has 6 heteroatoms. The van der Waals surface area contributed by atoms with Crippen LogP contribution in [0, 0.1) is 6.92 Å². The first-order chi connectivity index (χ1) is 10.0. The van der Waals surface area contributed by atoms with Crippen molar-refractivity contribution in [1.29, 1.82) is 0 Å². The van der Waals surface area contributed by atoms with E-state index in [-0.39, 0.29) is 12.1 Å². The first-order valence-electron chi connectivity index (χ1n) is 7.27. The molecular formula is C15H20ClN5. The minimum absolute atomic E-state index is 0.175. The van der Waals surface area contributed by atoms with E-state index in [4.69, 9.17) is 17.3 Å². The molecule has 1 fully saturated rings. The molecule has 0 saturated carbocycles. The van der Waals surface area contributed by atoms with Crippen LogP contribution in [0.5, 0.6) is 0 Å². The molecule has 2 unspecified atom stereocenters. The SMILES string of the molecule is Cc1cc(Cl)cc(-c2nc(N3CCCC(N)C3C)n[nH]2)c1. The topological polar surface area (TPSA) is 70.8 Å². The summed E-state index contributed by atoms with van der Waals surface area (Å²) in [4.78, 5) is 6.79. The number of hydrogen-bond acceptors (Lipinski definition) is 4. The summed E-state index contributed by atoms with van der Waals surface area (Å²) in [7, 11) is 0. The van der Waals surface area contributed by atoms with Crippen LogP contribution in [0.2, 0.25) is 5.02 Å². The molecule has 2 aromatic rings. The van der Waals surface area contributed by atoms with Crippen molar-refractivity contribution >= 4 is 17.5 Å². The highest BCUT2D eigenvalue weighted by Crippen LogP contribution is 2.25. The number of rotatable bonds is 2. The molecule has 21 heavy (non-hydrogen) atoms. The first-order valence-corrected chi connectivity index (χ1v) is 7.64. The fourth-order valence-electron chi connectivity index (χ4n) is 2.84. The third kappa shape index (κ3) is 2.89. The molecular weight excluding hydrogens is 286 g/mol. The predicted octanol–water partition coefficient (Wildman–Crippen LogP) is 2.75. The van der Waals surface area contributed by atoms with Crippen molar-refractivity contribution < 1.29 is 0 Å². The van der Waals surface area contributed by atoms with E-state index < -0.39 is 0 Å². The van der Waals surface area contributed by atoms with Crippen LogP contribution in [0.3, 0.4) is 0 Å². The van der Waals surface area contributed by atoms with Crippen molar-refractivity contribution in [3.05, 3.63) is 28.8 Å². The summed E-state index contributed by atoms with van der Waals surface area (Å²) in [6.07, 6.45) is 2.13. The van der Waals surface area contributed by atoms with Crippen molar-refractivity contribution in [2.24, 2.45) is 5.73 Å². The lowest BCUT2D eigenvalue weighted by Crippen LogP contribution is -2.50. The minimum Gasteiger partial charge on any atom is -0.335 e. The van der Waals surface area contributed by atoms with Gasteiger partial charge in [-0.05, 0) is 50.5 Å². The molecule has 112 valence electrons. The summed E-state index contributed by atoms with van der Waals surface area (Å²) in [6, 6.07) is 6.29. The Hall–Kier alpha value is -1.59. The molecule has 3 rings (SSSR count).